The molecule has 3 nitrogen and oxygen atoms in total. The highest BCUT2D eigenvalue weighted by molar-refractivity contribution is 5.38. The fraction of sp³-hybridized carbons (Fsp3) is 0.450. The fourth-order valence-corrected chi connectivity index (χ4v) is 4.09. The third-order valence-electron chi connectivity index (χ3n) is 5.30. The highest BCUT2D eigenvalue weighted by Crippen LogP contribution is 2.43. The number of aromatic nitrogens is 1. The zero-order valence-electron chi connectivity index (χ0n) is 14.4. The van der Waals surface area contributed by atoms with E-state index in [1.807, 2.05) is 24.3 Å². The molecular weight excluding hydrogens is 341 g/mol. The lowest BCUT2D eigenvalue weighted by atomic mass is 10.0. The van der Waals surface area contributed by atoms with Crippen molar-refractivity contribution in [2.24, 2.45) is 5.92 Å². The van der Waals surface area contributed by atoms with Crippen LogP contribution in [0.2, 0.25) is 0 Å². The molecular formula is C20H21F3N2O. The molecule has 6 heteroatoms. The third kappa shape index (κ3) is 3.43. The maximum atomic E-state index is 13.3. The second-order valence-corrected chi connectivity index (χ2v) is 7.08. The normalized spacial score (nSPS) is 23.2. The molecule has 0 saturated carbocycles. The lowest BCUT2D eigenvalue weighted by molar-refractivity contribution is -0.139. The van der Waals surface area contributed by atoms with E-state index in [1.54, 1.807) is 0 Å². The summed E-state index contributed by atoms with van der Waals surface area (Å²) in [5.41, 5.74) is 1.36. The van der Waals surface area contributed by atoms with Gasteiger partial charge < -0.3 is 9.64 Å². The Balaban J connectivity index is 1.63. The van der Waals surface area contributed by atoms with Crippen LogP contribution in [0.15, 0.2) is 42.7 Å². The lowest BCUT2D eigenvalue weighted by Gasteiger charge is -2.27. The molecule has 0 N–H and O–H groups in total. The van der Waals surface area contributed by atoms with Crippen LogP contribution in [0.5, 0.6) is 5.75 Å². The van der Waals surface area contributed by atoms with E-state index >= 15 is 0 Å². The molecule has 2 atom stereocenters. The first-order valence-corrected chi connectivity index (χ1v) is 9.00. The second kappa shape index (κ2) is 6.91. The molecule has 1 fully saturated rings. The summed E-state index contributed by atoms with van der Waals surface area (Å²) in [4.78, 5) is 6.02. The molecule has 2 aromatic rings. The highest BCUT2D eigenvalue weighted by Gasteiger charge is 2.39. The molecule has 138 valence electrons. The molecule has 0 spiro atoms. The first kappa shape index (κ1) is 17.3. The first-order valence-electron chi connectivity index (χ1n) is 9.00. The molecule has 2 unspecified atom stereocenters. The van der Waals surface area contributed by atoms with Crippen molar-refractivity contribution in [3.8, 4) is 5.75 Å². The molecule has 4 rings (SSSR count). The van der Waals surface area contributed by atoms with Gasteiger partial charge in [-0.3, -0.25) is 4.98 Å². The number of halogens is 3. The van der Waals surface area contributed by atoms with Crippen molar-refractivity contribution in [3.05, 3.63) is 59.4 Å². The van der Waals surface area contributed by atoms with Gasteiger partial charge in [0.25, 0.3) is 0 Å². The molecule has 1 aromatic carbocycles. The number of benzene rings is 1. The van der Waals surface area contributed by atoms with E-state index in [9.17, 15) is 13.2 Å². The van der Waals surface area contributed by atoms with Crippen LogP contribution in [-0.2, 0) is 12.6 Å². The van der Waals surface area contributed by atoms with E-state index in [4.69, 9.17) is 4.74 Å². The first-order chi connectivity index (χ1) is 12.5. The van der Waals surface area contributed by atoms with Crippen molar-refractivity contribution in [1.82, 2.24) is 9.88 Å². The molecule has 1 aromatic heterocycles. The van der Waals surface area contributed by atoms with Crippen LogP contribution in [-0.4, -0.2) is 29.5 Å². The van der Waals surface area contributed by atoms with Gasteiger partial charge in [0.05, 0.1) is 0 Å². The lowest BCUT2D eigenvalue weighted by Crippen LogP contribution is -2.30. The van der Waals surface area contributed by atoms with Crippen molar-refractivity contribution >= 4 is 0 Å². The Bertz CT molecular complexity index is 772. The van der Waals surface area contributed by atoms with Gasteiger partial charge in [-0.1, -0.05) is 24.3 Å². The third-order valence-corrected chi connectivity index (χ3v) is 5.30. The quantitative estimate of drug-likeness (QED) is 0.801. The second-order valence-electron chi connectivity index (χ2n) is 7.08. The standard InChI is InChI=1S/C20H21F3N2O/c21-20(22,23)17-12-24-8-7-18(17)26-19-15(13-25-9-3-4-10-25)11-14-5-1-2-6-16(14)19/h1-2,5-8,12,15,19H,3-4,9-11,13H2. The minimum Gasteiger partial charge on any atom is -0.485 e. The molecule has 2 heterocycles. The Labute approximate surface area is 150 Å². The number of pyridine rings is 1. The van der Waals surface area contributed by atoms with Crippen LogP contribution >= 0.6 is 0 Å². The summed E-state index contributed by atoms with van der Waals surface area (Å²) >= 11 is 0. The predicted molar refractivity (Wildman–Crippen MR) is 91.9 cm³/mol. The number of fused-ring (bicyclic) bond motifs is 1. The highest BCUT2D eigenvalue weighted by atomic mass is 19.4. The molecule has 0 bridgehead atoms. The van der Waals surface area contributed by atoms with Gasteiger partial charge in [0, 0.05) is 24.9 Å². The number of rotatable bonds is 4. The Kier molecular flexibility index (Phi) is 4.61. The summed E-state index contributed by atoms with van der Waals surface area (Å²) < 4.78 is 45.9. The predicted octanol–water partition coefficient (Wildman–Crippen LogP) is 4.49. The minimum atomic E-state index is -4.48. The van der Waals surface area contributed by atoms with Crippen molar-refractivity contribution in [2.45, 2.75) is 31.5 Å². The zero-order valence-corrected chi connectivity index (χ0v) is 14.4. The molecule has 1 aliphatic heterocycles. The number of ether oxygens (including phenoxy) is 1. The van der Waals surface area contributed by atoms with E-state index in [-0.39, 0.29) is 17.8 Å². The van der Waals surface area contributed by atoms with Crippen LogP contribution in [0, 0.1) is 5.92 Å². The van der Waals surface area contributed by atoms with Gasteiger partial charge in [-0.05, 0) is 49.5 Å². The summed E-state index contributed by atoms with van der Waals surface area (Å²) in [6.45, 7) is 2.97. The topological polar surface area (TPSA) is 25.4 Å². The van der Waals surface area contributed by atoms with Crippen molar-refractivity contribution in [2.75, 3.05) is 19.6 Å². The van der Waals surface area contributed by atoms with Crippen molar-refractivity contribution < 1.29 is 17.9 Å². The van der Waals surface area contributed by atoms with Gasteiger partial charge in [-0.15, -0.1) is 0 Å². The molecule has 1 saturated heterocycles. The van der Waals surface area contributed by atoms with Crippen LogP contribution in [0.25, 0.3) is 0 Å². The Morgan fingerprint density at radius 2 is 1.88 bits per heavy atom. The van der Waals surface area contributed by atoms with E-state index in [1.165, 1.54) is 30.7 Å². The fourth-order valence-electron chi connectivity index (χ4n) is 4.09. The number of nitrogens with zero attached hydrogens (tertiary/aromatic N) is 2. The minimum absolute atomic E-state index is 0.138. The molecule has 1 aliphatic carbocycles. The molecule has 0 amide bonds. The monoisotopic (exact) mass is 362 g/mol. The van der Waals surface area contributed by atoms with Crippen molar-refractivity contribution in [3.63, 3.8) is 0 Å². The Morgan fingerprint density at radius 1 is 1.12 bits per heavy atom. The summed E-state index contributed by atoms with van der Waals surface area (Å²) in [7, 11) is 0. The summed E-state index contributed by atoms with van der Waals surface area (Å²) in [5.74, 6) is 0.0142. The van der Waals surface area contributed by atoms with Crippen LogP contribution < -0.4 is 4.74 Å². The van der Waals surface area contributed by atoms with Gasteiger partial charge in [0.2, 0.25) is 0 Å². The van der Waals surface area contributed by atoms with Gasteiger partial charge >= 0.3 is 6.18 Å². The van der Waals surface area contributed by atoms with Crippen LogP contribution in [0.3, 0.4) is 0 Å². The van der Waals surface area contributed by atoms with Crippen molar-refractivity contribution in [1.29, 1.82) is 0 Å². The summed E-state index contributed by atoms with van der Waals surface area (Å²) in [6.07, 6.45) is 0.555. The maximum Gasteiger partial charge on any atom is 0.421 e. The summed E-state index contributed by atoms with van der Waals surface area (Å²) in [6, 6.07) is 9.23. The number of alkyl halides is 3. The smallest absolute Gasteiger partial charge is 0.421 e. The van der Waals surface area contributed by atoms with Crippen LogP contribution in [0.4, 0.5) is 13.2 Å². The average molecular weight is 362 g/mol. The Morgan fingerprint density at radius 3 is 2.65 bits per heavy atom. The molecule has 26 heavy (non-hydrogen) atoms. The van der Waals surface area contributed by atoms with Gasteiger partial charge in [0.1, 0.15) is 17.4 Å². The largest absolute Gasteiger partial charge is 0.485 e. The van der Waals surface area contributed by atoms with E-state index in [0.29, 0.717) is 0 Å². The summed E-state index contributed by atoms with van der Waals surface area (Å²) in [5, 5.41) is 0. The maximum absolute atomic E-state index is 13.3. The number of hydrogen-bond donors (Lipinski definition) is 0. The zero-order chi connectivity index (χ0) is 18.1. The number of hydrogen-bond acceptors (Lipinski definition) is 3. The van der Waals surface area contributed by atoms with Gasteiger partial charge in [-0.2, -0.15) is 13.2 Å². The van der Waals surface area contributed by atoms with E-state index in [2.05, 4.69) is 9.88 Å². The van der Waals surface area contributed by atoms with E-state index < -0.39 is 11.7 Å². The van der Waals surface area contributed by atoms with Crippen LogP contribution in [0.1, 0.15) is 35.6 Å². The average Bonchev–Trinajstić information content (AvgIpc) is 3.23. The molecule has 0 radical (unpaired) electrons. The number of likely N-dealkylation sites (tertiary alicyclic amines) is 1. The molecule has 2 aliphatic rings. The van der Waals surface area contributed by atoms with Gasteiger partial charge in [0.15, 0.2) is 0 Å². The van der Waals surface area contributed by atoms with Gasteiger partial charge in [-0.25, -0.2) is 0 Å². The Hall–Kier alpha value is -2.08. The van der Waals surface area contributed by atoms with E-state index in [0.717, 1.165) is 37.8 Å². The SMILES string of the molecule is FC(F)(F)c1cnccc1OC1c2ccccc2CC1CN1CCCC1.